The van der Waals surface area contributed by atoms with Crippen molar-refractivity contribution in [2.75, 3.05) is 29.7 Å². The third-order valence-electron chi connectivity index (χ3n) is 6.10. The van der Waals surface area contributed by atoms with Crippen LogP contribution in [0.5, 0.6) is 0 Å². The molecule has 31 heavy (non-hydrogen) atoms. The molecule has 164 valence electrons. The summed E-state index contributed by atoms with van der Waals surface area (Å²) in [5.41, 5.74) is 2.83. The van der Waals surface area contributed by atoms with E-state index in [9.17, 15) is 13.2 Å². The smallest absolute Gasteiger partial charge is 0.244 e. The molecule has 2 atom stereocenters. The number of nitrogens with zero attached hydrogens (tertiary/aromatic N) is 2. The number of amides is 1. The highest BCUT2D eigenvalue weighted by atomic mass is 32.2. The predicted octanol–water partition coefficient (Wildman–Crippen LogP) is 3.19. The Hall–Kier alpha value is -2.64. The lowest BCUT2D eigenvalue weighted by atomic mass is 10.1. The van der Waals surface area contributed by atoms with E-state index in [0.717, 1.165) is 25.1 Å². The quantitative estimate of drug-likeness (QED) is 0.702. The molecule has 2 saturated heterocycles. The topological polar surface area (TPSA) is 69.7 Å². The van der Waals surface area contributed by atoms with Gasteiger partial charge in [-0.3, -0.25) is 14.0 Å². The van der Waals surface area contributed by atoms with Crippen LogP contribution in [0.2, 0.25) is 0 Å². The number of rotatable bonds is 6. The van der Waals surface area contributed by atoms with Crippen molar-refractivity contribution < 1.29 is 13.2 Å². The van der Waals surface area contributed by atoms with E-state index in [4.69, 9.17) is 0 Å². The van der Waals surface area contributed by atoms with Gasteiger partial charge in [0.05, 0.1) is 11.4 Å². The predicted molar refractivity (Wildman–Crippen MR) is 124 cm³/mol. The molecule has 0 saturated carbocycles. The number of likely N-dealkylation sites (tertiary alicyclic amines) is 1. The van der Waals surface area contributed by atoms with E-state index in [2.05, 4.69) is 41.4 Å². The molecule has 0 aromatic heterocycles. The molecule has 0 spiro atoms. The van der Waals surface area contributed by atoms with Crippen LogP contribution < -0.4 is 9.62 Å². The Morgan fingerprint density at radius 3 is 2.52 bits per heavy atom. The normalized spacial score (nSPS) is 22.1. The summed E-state index contributed by atoms with van der Waals surface area (Å²) in [5.74, 6) is 0.0998. The zero-order valence-electron chi connectivity index (χ0n) is 17.8. The van der Waals surface area contributed by atoms with E-state index >= 15 is 0 Å². The van der Waals surface area contributed by atoms with E-state index < -0.39 is 10.0 Å². The van der Waals surface area contributed by atoms with Crippen LogP contribution in [-0.4, -0.2) is 50.7 Å². The lowest BCUT2D eigenvalue weighted by Crippen LogP contribution is -2.36. The van der Waals surface area contributed by atoms with Crippen LogP contribution in [0.25, 0.3) is 6.08 Å². The molecule has 1 N–H and O–H groups in total. The van der Waals surface area contributed by atoms with Crippen molar-refractivity contribution in [3.05, 3.63) is 71.8 Å². The fourth-order valence-corrected chi connectivity index (χ4v) is 5.87. The molecule has 7 heteroatoms. The number of nitrogens with one attached hydrogen (secondary N) is 1. The van der Waals surface area contributed by atoms with E-state index in [1.54, 1.807) is 24.3 Å². The van der Waals surface area contributed by atoms with Gasteiger partial charge in [-0.15, -0.1) is 0 Å². The molecule has 1 amide bonds. The molecule has 0 aliphatic carbocycles. The Balaban J connectivity index is 1.29. The maximum Gasteiger partial charge on any atom is 0.244 e. The summed E-state index contributed by atoms with van der Waals surface area (Å²) in [4.78, 5) is 14.8. The molecule has 2 unspecified atom stereocenters. The van der Waals surface area contributed by atoms with Gasteiger partial charge >= 0.3 is 0 Å². The lowest BCUT2D eigenvalue weighted by Gasteiger charge is -2.24. The molecule has 2 aliphatic rings. The summed E-state index contributed by atoms with van der Waals surface area (Å²) in [6, 6.07) is 18.2. The van der Waals surface area contributed by atoms with Crippen molar-refractivity contribution in [3.8, 4) is 0 Å². The van der Waals surface area contributed by atoms with Crippen LogP contribution >= 0.6 is 0 Å². The third kappa shape index (κ3) is 5.17. The second-order valence-electron chi connectivity index (χ2n) is 8.24. The highest BCUT2D eigenvalue weighted by Gasteiger charge is 2.28. The second kappa shape index (κ2) is 9.24. The number of hydrogen-bond acceptors (Lipinski definition) is 4. The maximum atomic E-state index is 12.4. The standard InChI is InChI=1S/C24H29N3O3S/c1-19(21-6-3-2-4-7-21)26-16-14-22(18-26)25-24(28)13-10-20-8-11-23(12-9-20)27-15-5-17-31(27,29)30/h2-4,6-13,19,22H,5,14-18H2,1H3,(H,25,28)/b13-10+. The van der Waals surface area contributed by atoms with Crippen molar-refractivity contribution >= 4 is 27.7 Å². The van der Waals surface area contributed by atoms with Crippen LogP contribution in [0.15, 0.2) is 60.7 Å². The average molecular weight is 440 g/mol. The first-order chi connectivity index (χ1) is 14.9. The monoisotopic (exact) mass is 439 g/mol. The maximum absolute atomic E-state index is 12.4. The Labute approximate surface area is 184 Å². The minimum atomic E-state index is -3.17. The molecule has 0 radical (unpaired) electrons. The average Bonchev–Trinajstić information content (AvgIpc) is 3.38. The van der Waals surface area contributed by atoms with Crippen molar-refractivity contribution in [1.29, 1.82) is 0 Å². The molecule has 2 aromatic carbocycles. The molecule has 2 aliphatic heterocycles. The first kappa shape index (κ1) is 21.6. The number of hydrogen-bond donors (Lipinski definition) is 1. The Morgan fingerprint density at radius 1 is 1.10 bits per heavy atom. The number of carbonyl (C=O) groups excluding carboxylic acids is 1. The van der Waals surface area contributed by atoms with Gasteiger partial charge in [-0.1, -0.05) is 42.5 Å². The van der Waals surface area contributed by atoms with E-state index in [-0.39, 0.29) is 17.7 Å². The Bertz CT molecular complexity index is 1040. The zero-order chi connectivity index (χ0) is 21.8. The Morgan fingerprint density at radius 2 is 1.84 bits per heavy atom. The van der Waals surface area contributed by atoms with E-state index in [1.165, 1.54) is 9.87 Å². The van der Waals surface area contributed by atoms with Crippen molar-refractivity contribution in [3.63, 3.8) is 0 Å². The van der Waals surface area contributed by atoms with Gasteiger partial charge in [-0.25, -0.2) is 8.42 Å². The summed E-state index contributed by atoms with van der Waals surface area (Å²) < 4.78 is 25.5. The van der Waals surface area contributed by atoms with Crippen molar-refractivity contribution in [2.45, 2.75) is 31.8 Å². The molecule has 6 nitrogen and oxygen atoms in total. The molecule has 2 fully saturated rings. The number of anilines is 1. The molecular formula is C24H29N3O3S. The highest BCUT2D eigenvalue weighted by Crippen LogP contribution is 2.25. The minimum absolute atomic E-state index is 0.106. The van der Waals surface area contributed by atoms with Crippen LogP contribution in [0.3, 0.4) is 0 Å². The molecule has 2 heterocycles. The first-order valence-electron chi connectivity index (χ1n) is 10.8. The van der Waals surface area contributed by atoms with Gasteiger partial charge in [-0.05, 0) is 49.1 Å². The van der Waals surface area contributed by atoms with E-state index in [1.807, 2.05) is 18.2 Å². The lowest BCUT2D eigenvalue weighted by molar-refractivity contribution is -0.117. The zero-order valence-corrected chi connectivity index (χ0v) is 18.6. The molecule has 2 aromatic rings. The van der Waals surface area contributed by atoms with Gasteiger partial charge in [0.1, 0.15) is 0 Å². The second-order valence-corrected chi connectivity index (χ2v) is 10.3. The van der Waals surface area contributed by atoms with Gasteiger partial charge in [0, 0.05) is 37.8 Å². The van der Waals surface area contributed by atoms with Crippen LogP contribution in [0, 0.1) is 0 Å². The SMILES string of the molecule is CC(c1ccccc1)N1CCC(NC(=O)/C=C/c2ccc(N3CCCS3(=O)=O)cc2)C1. The summed E-state index contributed by atoms with van der Waals surface area (Å²) in [5, 5.41) is 3.10. The van der Waals surface area contributed by atoms with Crippen LogP contribution in [-0.2, 0) is 14.8 Å². The largest absolute Gasteiger partial charge is 0.348 e. The summed E-state index contributed by atoms with van der Waals surface area (Å²) in [6.45, 7) is 4.54. The molecular weight excluding hydrogens is 410 g/mol. The van der Waals surface area contributed by atoms with Gasteiger partial charge < -0.3 is 5.32 Å². The van der Waals surface area contributed by atoms with Crippen molar-refractivity contribution in [1.82, 2.24) is 10.2 Å². The number of benzene rings is 2. The molecule has 0 bridgehead atoms. The number of sulfonamides is 1. The number of carbonyl (C=O) groups is 1. The molecule has 4 rings (SSSR count). The van der Waals surface area contributed by atoms with Crippen LogP contribution in [0.1, 0.15) is 36.9 Å². The summed E-state index contributed by atoms with van der Waals surface area (Å²) in [6.07, 6.45) is 4.91. The van der Waals surface area contributed by atoms with Crippen molar-refractivity contribution in [2.24, 2.45) is 0 Å². The summed E-state index contributed by atoms with van der Waals surface area (Å²) in [7, 11) is -3.17. The fraction of sp³-hybridized carbons (Fsp3) is 0.375. The fourth-order valence-electron chi connectivity index (χ4n) is 4.30. The Kier molecular flexibility index (Phi) is 6.43. The minimum Gasteiger partial charge on any atom is -0.348 e. The van der Waals surface area contributed by atoms with E-state index in [0.29, 0.717) is 24.7 Å². The van der Waals surface area contributed by atoms with Crippen LogP contribution in [0.4, 0.5) is 5.69 Å². The van der Waals surface area contributed by atoms with Gasteiger partial charge in [0.15, 0.2) is 0 Å². The van der Waals surface area contributed by atoms with Gasteiger partial charge in [0.2, 0.25) is 15.9 Å². The first-order valence-corrected chi connectivity index (χ1v) is 12.4. The van der Waals surface area contributed by atoms with Gasteiger partial charge in [0.25, 0.3) is 0 Å². The highest BCUT2D eigenvalue weighted by molar-refractivity contribution is 7.93. The third-order valence-corrected chi connectivity index (χ3v) is 7.97. The summed E-state index contributed by atoms with van der Waals surface area (Å²) >= 11 is 0. The van der Waals surface area contributed by atoms with Gasteiger partial charge in [-0.2, -0.15) is 0 Å².